The first-order chi connectivity index (χ1) is 9.13. The van der Waals surface area contributed by atoms with Crippen LogP contribution in [0.4, 0.5) is 5.69 Å². The maximum absolute atomic E-state index is 11.7. The summed E-state index contributed by atoms with van der Waals surface area (Å²) in [6.07, 6.45) is 6.35. The lowest BCUT2D eigenvalue weighted by atomic mass is 9.93. The van der Waals surface area contributed by atoms with Crippen molar-refractivity contribution in [3.8, 4) is 0 Å². The zero-order valence-corrected chi connectivity index (χ0v) is 10.9. The van der Waals surface area contributed by atoms with Crippen molar-refractivity contribution in [2.75, 3.05) is 5.73 Å². The molecular formula is C15H20N2O2. The number of carbonyl (C=O) groups excluding carboxylic acids is 1. The number of hydrogen-bond donors (Lipinski definition) is 3. The van der Waals surface area contributed by atoms with E-state index in [0.29, 0.717) is 5.69 Å². The molecule has 19 heavy (non-hydrogen) atoms. The molecule has 0 atom stereocenters. The van der Waals surface area contributed by atoms with E-state index in [-0.39, 0.29) is 18.1 Å². The van der Waals surface area contributed by atoms with Crippen LogP contribution >= 0.6 is 0 Å². The lowest BCUT2D eigenvalue weighted by Gasteiger charge is -2.25. The number of rotatable bonds is 3. The van der Waals surface area contributed by atoms with Gasteiger partial charge in [0.25, 0.3) is 0 Å². The van der Waals surface area contributed by atoms with Crippen molar-refractivity contribution < 1.29 is 9.90 Å². The fourth-order valence-corrected chi connectivity index (χ4v) is 2.25. The van der Waals surface area contributed by atoms with Gasteiger partial charge in [-0.3, -0.25) is 4.79 Å². The summed E-state index contributed by atoms with van der Waals surface area (Å²) in [6.45, 7) is 0. The molecule has 4 heteroatoms. The van der Waals surface area contributed by atoms with Gasteiger partial charge in [0.15, 0.2) is 0 Å². The Labute approximate surface area is 113 Å². The molecule has 0 aromatic heterocycles. The number of anilines is 1. The van der Waals surface area contributed by atoms with Crippen LogP contribution in [-0.2, 0) is 4.79 Å². The largest absolute Gasteiger partial charge is 0.399 e. The van der Waals surface area contributed by atoms with Crippen molar-refractivity contribution in [2.45, 2.75) is 37.8 Å². The monoisotopic (exact) mass is 260 g/mol. The van der Waals surface area contributed by atoms with E-state index in [1.807, 2.05) is 12.1 Å². The minimum Gasteiger partial charge on any atom is -0.399 e. The van der Waals surface area contributed by atoms with Crippen molar-refractivity contribution in [3.63, 3.8) is 0 Å². The average molecular weight is 260 g/mol. The lowest BCUT2D eigenvalue weighted by molar-refractivity contribution is -0.117. The Morgan fingerprint density at radius 2 is 1.84 bits per heavy atom. The van der Waals surface area contributed by atoms with Crippen LogP contribution in [-0.4, -0.2) is 23.2 Å². The van der Waals surface area contributed by atoms with Gasteiger partial charge in [-0.2, -0.15) is 0 Å². The number of aliphatic hydroxyl groups excluding tert-OH is 1. The van der Waals surface area contributed by atoms with Gasteiger partial charge in [0, 0.05) is 17.8 Å². The highest BCUT2D eigenvalue weighted by Gasteiger charge is 2.19. The highest BCUT2D eigenvalue weighted by molar-refractivity contribution is 5.91. The van der Waals surface area contributed by atoms with Gasteiger partial charge in [-0.25, -0.2) is 0 Å². The molecule has 1 fully saturated rings. The maximum atomic E-state index is 11.7. The molecule has 0 spiro atoms. The molecule has 4 nitrogen and oxygen atoms in total. The second-order valence-corrected chi connectivity index (χ2v) is 5.01. The first-order valence-corrected chi connectivity index (χ1v) is 6.65. The Bertz CT molecular complexity index is 446. The Morgan fingerprint density at radius 3 is 2.47 bits per heavy atom. The molecule has 0 unspecified atom stereocenters. The topological polar surface area (TPSA) is 75.4 Å². The molecule has 2 rings (SSSR count). The number of benzene rings is 1. The molecule has 0 aliphatic heterocycles. The minimum absolute atomic E-state index is 0.0850. The van der Waals surface area contributed by atoms with Crippen LogP contribution in [0.5, 0.6) is 0 Å². The molecule has 0 saturated heterocycles. The van der Waals surface area contributed by atoms with Gasteiger partial charge in [0.2, 0.25) is 5.91 Å². The van der Waals surface area contributed by atoms with E-state index in [4.69, 9.17) is 5.73 Å². The van der Waals surface area contributed by atoms with Gasteiger partial charge < -0.3 is 16.2 Å². The SMILES string of the molecule is Nc1ccc(/C=C/C(=O)NC2CCC(O)CC2)cc1. The molecule has 1 aromatic rings. The molecule has 0 radical (unpaired) electrons. The first-order valence-electron chi connectivity index (χ1n) is 6.65. The number of hydrogen-bond acceptors (Lipinski definition) is 3. The lowest BCUT2D eigenvalue weighted by Crippen LogP contribution is -2.37. The van der Waals surface area contributed by atoms with Crippen LogP contribution in [0.1, 0.15) is 31.2 Å². The summed E-state index contributed by atoms with van der Waals surface area (Å²) >= 11 is 0. The minimum atomic E-state index is -0.196. The van der Waals surface area contributed by atoms with Crippen LogP contribution in [0.2, 0.25) is 0 Å². The van der Waals surface area contributed by atoms with Crippen LogP contribution in [0, 0.1) is 0 Å². The predicted molar refractivity (Wildman–Crippen MR) is 76.3 cm³/mol. The normalized spacial score (nSPS) is 23.4. The zero-order chi connectivity index (χ0) is 13.7. The molecule has 1 saturated carbocycles. The summed E-state index contributed by atoms with van der Waals surface area (Å²) in [6, 6.07) is 7.54. The standard InChI is InChI=1S/C15H20N2O2/c16-12-4-1-11(2-5-12)3-10-15(19)17-13-6-8-14(18)9-7-13/h1-5,10,13-14,18H,6-9,16H2,(H,17,19)/b10-3+. The molecule has 1 amide bonds. The van der Waals surface area contributed by atoms with Crippen molar-refractivity contribution in [1.29, 1.82) is 0 Å². The van der Waals surface area contributed by atoms with Gasteiger partial charge >= 0.3 is 0 Å². The van der Waals surface area contributed by atoms with Crippen LogP contribution in [0.3, 0.4) is 0 Å². The highest BCUT2D eigenvalue weighted by atomic mass is 16.3. The van der Waals surface area contributed by atoms with E-state index in [2.05, 4.69) is 5.32 Å². The summed E-state index contributed by atoms with van der Waals surface area (Å²) in [5.41, 5.74) is 7.25. The van der Waals surface area contributed by atoms with Gasteiger partial charge in [0.1, 0.15) is 0 Å². The van der Waals surface area contributed by atoms with E-state index in [1.165, 1.54) is 6.08 Å². The van der Waals surface area contributed by atoms with Crippen LogP contribution in [0.15, 0.2) is 30.3 Å². The maximum Gasteiger partial charge on any atom is 0.244 e. The summed E-state index contributed by atoms with van der Waals surface area (Å²) in [4.78, 5) is 11.7. The molecule has 1 aromatic carbocycles. The molecule has 0 heterocycles. The Balaban J connectivity index is 1.82. The Hall–Kier alpha value is -1.81. The van der Waals surface area contributed by atoms with Crippen LogP contribution < -0.4 is 11.1 Å². The Kier molecular flexibility index (Phi) is 4.58. The van der Waals surface area contributed by atoms with Crippen molar-refractivity contribution >= 4 is 17.7 Å². The van der Waals surface area contributed by atoms with Gasteiger partial charge in [-0.1, -0.05) is 12.1 Å². The number of nitrogen functional groups attached to an aromatic ring is 1. The summed E-state index contributed by atoms with van der Waals surface area (Å²) < 4.78 is 0. The number of nitrogens with one attached hydrogen (secondary N) is 1. The number of aliphatic hydroxyl groups is 1. The van der Waals surface area contributed by atoms with Crippen molar-refractivity contribution in [1.82, 2.24) is 5.32 Å². The average Bonchev–Trinajstić information content (AvgIpc) is 2.41. The number of carbonyl (C=O) groups is 1. The van der Waals surface area contributed by atoms with E-state index in [1.54, 1.807) is 18.2 Å². The van der Waals surface area contributed by atoms with Crippen molar-refractivity contribution in [3.05, 3.63) is 35.9 Å². The third-order valence-corrected chi connectivity index (χ3v) is 3.41. The summed E-state index contributed by atoms with van der Waals surface area (Å²) in [5.74, 6) is -0.0850. The van der Waals surface area contributed by atoms with Gasteiger partial charge in [0.05, 0.1) is 6.10 Å². The second-order valence-electron chi connectivity index (χ2n) is 5.01. The molecule has 1 aliphatic rings. The third kappa shape index (κ3) is 4.41. The molecule has 102 valence electrons. The second kappa shape index (κ2) is 6.38. The van der Waals surface area contributed by atoms with E-state index in [9.17, 15) is 9.90 Å². The van der Waals surface area contributed by atoms with Crippen LogP contribution in [0.25, 0.3) is 6.08 Å². The van der Waals surface area contributed by atoms with Gasteiger partial charge in [-0.15, -0.1) is 0 Å². The smallest absolute Gasteiger partial charge is 0.244 e. The third-order valence-electron chi connectivity index (χ3n) is 3.41. The fraction of sp³-hybridized carbons (Fsp3) is 0.400. The molecular weight excluding hydrogens is 240 g/mol. The van der Waals surface area contributed by atoms with E-state index in [0.717, 1.165) is 31.2 Å². The first kappa shape index (κ1) is 13.6. The molecule has 1 aliphatic carbocycles. The Morgan fingerprint density at radius 1 is 1.21 bits per heavy atom. The number of nitrogens with two attached hydrogens (primary N) is 1. The molecule has 4 N–H and O–H groups in total. The fourth-order valence-electron chi connectivity index (χ4n) is 2.25. The van der Waals surface area contributed by atoms with Gasteiger partial charge in [-0.05, 0) is 49.5 Å². The predicted octanol–water partition coefficient (Wildman–Crippen LogP) is 1.70. The van der Waals surface area contributed by atoms with E-state index < -0.39 is 0 Å². The zero-order valence-electron chi connectivity index (χ0n) is 10.9. The summed E-state index contributed by atoms with van der Waals surface area (Å²) in [5, 5.41) is 12.4. The van der Waals surface area contributed by atoms with Crippen molar-refractivity contribution in [2.24, 2.45) is 0 Å². The summed E-state index contributed by atoms with van der Waals surface area (Å²) in [7, 11) is 0. The quantitative estimate of drug-likeness (QED) is 0.572. The number of amides is 1. The highest BCUT2D eigenvalue weighted by Crippen LogP contribution is 2.18. The van der Waals surface area contributed by atoms with E-state index >= 15 is 0 Å². The molecule has 0 bridgehead atoms.